The van der Waals surface area contributed by atoms with Crippen LogP contribution in [0.25, 0.3) is 12.2 Å². The first-order valence-electron chi connectivity index (χ1n) is 12.0. The molecule has 0 saturated carbocycles. The second-order valence-electron chi connectivity index (χ2n) is 9.21. The minimum absolute atomic E-state index is 0.00495. The molecule has 2 heterocycles. The average molecular weight is 537 g/mol. The van der Waals surface area contributed by atoms with Crippen molar-refractivity contribution in [3.05, 3.63) is 53.6 Å². The lowest BCUT2D eigenvalue weighted by molar-refractivity contribution is -0.279. The topological polar surface area (TPSA) is 199 Å². The molecular weight excluding hydrogens is 504 g/mol. The van der Waals surface area contributed by atoms with Crippen molar-refractivity contribution in [2.24, 2.45) is 0 Å². The molecule has 2 saturated heterocycles. The number of aromatic hydroxyl groups is 1. The van der Waals surface area contributed by atoms with Crippen LogP contribution in [0.15, 0.2) is 42.5 Å². The standard InChI is InChI=1S/C26H32O12/c1-12-18(29)20(31)22(33)25(35-12)36-16-4-2-3-14(8-5-13-6-9-15(28)10-7-13)24(16)38-26-23(34)21(32)19(30)17(11-27)37-26/h2-10,12,17-23,25-34H,11H2,1H3/t12-,17+,18-,19+,20+,21-,22+,23+,25-,26-/m0/s1. The van der Waals surface area contributed by atoms with Crippen LogP contribution in [0.3, 0.4) is 0 Å². The van der Waals surface area contributed by atoms with E-state index >= 15 is 0 Å². The van der Waals surface area contributed by atoms with Crippen LogP contribution in [-0.2, 0) is 9.47 Å². The lowest BCUT2D eigenvalue weighted by Crippen LogP contribution is -2.60. The molecule has 0 unspecified atom stereocenters. The Morgan fingerprint density at radius 2 is 1.37 bits per heavy atom. The van der Waals surface area contributed by atoms with Crippen LogP contribution in [0.2, 0.25) is 0 Å². The van der Waals surface area contributed by atoms with Crippen molar-refractivity contribution in [2.75, 3.05) is 6.61 Å². The van der Waals surface area contributed by atoms with Crippen molar-refractivity contribution < 1.29 is 59.8 Å². The Labute approximate surface area is 218 Å². The summed E-state index contributed by atoms with van der Waals surface area (Å²) in [5.41, 5.74) is 1.12. The van der Waals surface area contributed by atoms with E-state index in [9.17, 15) is 40.9 Å². The Morgan fingerprint density at radius 3 is 2.03 bits per heavy atom. The van der Waals surface area contributed by atoms with Crippen molar-refractivity contribution in [1.29, 1.82) is 0 Å². The van der Waals surface area contributed by atoms with Gasteiger partial charge in [0, 0.05) is 5.56 Å². The third kappa shape index (κ3) is 5.94. The zero-order valence-electron chi connectivity index (χ0n) is 20.4. The smallest absolute Gasteiger partial charge is 0.229 e. The third-order valence-corrected chi connectivity index (χ3v) is 6.49. The van der Waals surface area contributed by atoms with Gasteiger partial charge in [-0.2, -0.15) is 0 Å². The van der Waals surface area contributed by atoms with Gasteiger partial charge in [-0.25, -0.2) is 0 Å². The molecule has 208 valence electrons. The maximum Gasteiger partial charge on any atom is 0.229 e. The van der Waals surface area contributed by atoms with E-state index in [0.717, 1.165) is 5.56 Å². The maximum atomic E-state index is 10.5. The van der Waals surface area contributed by atoms with Gasteiger partial charge < -0.3 is 59.8 Å². The summed E-state index contributed by atoms with van der Waals surface area (Å²) >= 11 is 0. The molecular formula is C26H32O12. The van der Waals surface area contributed by atoms with E-state index in [1.165, 1.54) is 25.1 Å². The molecule has 10 atom stereocenters. The zero-order valence-corrected chi connectivity index (χ0v) is 20.4. The highest BCUT2D eigenvalue weighted by atomic mass is 16.7. The SMILES string of the molecule is C[C@@H]1O[C@@H](Oc2cccc(C=Cc3ccc(O)cc3)c2O[C@@H]2O[C@H](CO)[C@@H](O)[C@H](O)[C@H]2O)[C@H](O)[C@H](O)[C@H]1O. The molecule has 2 aliphatic rings. The zero-order chi connectivity index (χ0) is 27.6. The number of aliphatic hydroxyl groups is 7. The predicted molar refractivity (Wildman–Crippen MR) is 131 cm³/mol. The Balaban J connectivity index is 1.68. The van der Waals surface area contributed by atoms with E-state index in [1.807, 2.05) is 0 Å². The molecule has 2 fully saturated rings. The summed E-state index contributed by atoms with van der Waals surface area (Å²) in [6, 6.07) is 11.1. The predicted octanol–water partition coefficient (Wildman–Crippen LogP) is -1.05. The van der Waals surface area contributed by atoms with E-state index in [0.29, 0.717) is 5.56 Å². The van der Waals surface area contributed by atoms with Crippen molar-refractivity contribution in [2.45, 2.75) is 68.3 Å². The average Bonchev–Trinajstić information content (AvgIpc) is 2.91. The molecule has 0 spiro atoms. The fraction of sp³-hybridized carbons (Fsp3) is 0.462. The molecule has 0 radical (unpaired) electrons. The second kappa shape index (κ2) is 11.9. The molecule has 12 nitrogen and oxygen atoms in total. The molecule has 0 bridgehead atoms. The van der Waals surface area contributed by atoms with Crippen LogP contribution in [0.4, 0.5) is 0 Å². The van der Waals surface area contributed by atoms with Gasteiger partial charge in [-0.05, 0) is 30.7 Å². The molecule has 12 heteroatoms. The molecule has 0 amide bonds. The van der Waals surface area contributed by atoms with Crippen LogP contribution in [0.1, 0.15) is 18.1 Å². The molecule has 8 N–H and O–H groups in total. The quantitative estimate of drug-likeness (QED) is 0.200. The number of aliphatic hydroxyl groups excluding tert-OH is 7. The summed E-state index contributed by atoms with van der Waals surface area (Å²) in [7, 11) is 0. The summed E-state index contributed by atoms with van der Waals surface area (Å²) in [4.78, 5) is 0. The van der Waals surface area contributed by atoms with Crippen molar-refractivity contribution >= 4 is 12.2 Å². The van der Waals surface area contributed by atoms with Crippen LogP contribution < -0.4 is 9.47 Å². The van der Waals surface area contributed by atoms with Crippen molar-refractivity contribution in [3.63, 3.8) is 0 Å². The maximum absolute atomic E-state index is 10.5. The summed E-state index contributed by atoms with van der Waals surface area (Å²) < 4.78 is 22.8. The van der Waals surface area contributed by atoms with E-state index in [-0.39, 0.29) is 17.2 Å². The van der Waals surface area contributed by atoms with Gasteiger partial charge in [-0.1, -0.05) is 36.4 Å². The molecule has 2 aromatic carbocycles. The monoisotopic (exact) mass is 536 g/mol. The van der Waals surface area contributed by atoms with Gasteiger partial charge in [-0.15, -0.1) is 0 Å². The minimum Gasteiger partial charge on any atom is -0.508 e. The molecule has 2 aromatic rings. The van der Waals surface area contributed by atoms with Crippen molar-refractivity contribution in [3.8, 4) is 17.2 Å². The van der Waals surface area contributed by atoms with Gasteiger partial charge in [0.2, 0.25) is 12.6 Å². The van der Waals surface area contributed by atoms with E-state index in [4.69, 9.17) is 18.9 Å². The van der Waals surface area contributed by atoms with Gasteiger partial charge in [0.1, 0.15) is 48.5 Å². The second-order valence-corrected chi connectivity index (χ2v) is 9.21. The number of ether oxygens (including phenoxy) is 4. The highest BCUT2D eigenvalue weighted by Gasteiger charge is 2.46. The number of phenolic OH excluding ortho intramolecular Hbond substituents is 1. The van der Waals surface area contributed by atoms with Gasteiger partial charge in [0.15, 0.2) is 11.5 Å². The number of para-hydroxylation sites is 1. The third-order valence-electron chi connectivity index (χ3n) is 6.49. The van der Waals surface area contributed by atoms with Crippen LogP contribution in [-0.4, -0.2) is 109 Å². The normalized spacial score (nSPS) is 35.8. The highest BCUT2D eigenvalue weighted by molar-refractivity contribution is 5.74. The van der Waals surface area contributed by atoms with Gasteiger partial charge >= 0.3 is 0 Å². The number of rotatable bonds is 7. The van der Waals surface area contributed by atoms with E-state index in [2.05, 4.69) is 0 Å². The molecule has 2 aliphatic heterocycles. The Kier molecular flexibility index (Phi) is 8.88. The first kappa shape index (κ1) is 28.2. The summed E-state index contributed by atoms with van der Waals surface area (Å²) in [6.07, 6.45) is -11.2. The highest BCUT2D eigenvalue weighted by Crippen LogP contribution is 2.37. The Bertz CT molecular complexity index is 1090. The first-order chi connectivity index (χ1) is 18.1. The molecule has 4 rings (SSSR count). The summed E-state index contributed by atoms with van der Waals surface area (Å²) in [5, 5.41) is 80.5. The summed E-state index contributed by atoms with van der Waals surface area (Å²) in [5.74, 6) is 0.0716. The fourth-order valence-corrected chi connectivity index (χ4v) is 4.17. The van der Waals surface area contributed by atoms with Crippen molar-refractivity contribution in [1.82, 2.24) is 0 Å². The number of phenols is 1. The van der Waals surface area contributed by atoms with E-state index in [1.54, 1.807) is 36.4 Å². The van der Waals surface area contributed by atoms with Gasteiger partial charge in [0.05, 0.1) is 12.7 Å². The van der Waals surface area contributed by atoms with Crippen LogP contribution >= 0.6 is 0 Å². The number of hydrogen-bond donors (Lipinski definition) is 8. The van der Waals surface area contributed by atoms with Crippen LogP contribution in [0, 0.1) is 0 Å². The Hall–Kier alpha value is -2.78. The number of benzene rings is 2. The molecule has 38 heavy (non-hydrogen) atoms. The molecule has 0 aliphatic carbocycles. The fourth-order valence-electron chi connectivity index (χ4n) is 4.17. The van der Waals surface area contributed by atoms with Gasteiger partial charge in [0.25, 0.3) is 0 Å². The van der Waals surface area contributed by atoms with E-state index < -0.39 is 68.0 Å². The lowest BCUT2D eigenvalue weighted by Gasteiger charge is -2.40. The van der Waals surface area contributed by atoms with Crippen LogP contribution in [0.5, 0.6) is 17.2 Å². The summed E-state index contributed by atoms with van der Waals surface area (Å²) in [6.45, 7) is 0.842. The minimum atomic E-state index is -1.71. The lowest BCUT2D eigenvalue weighted by atomic mass is 9.99. The first-order valence-corrected chi connectivity index (χ1v) is 12.0. The number of hydrogen-bond acceptors (Lipinski definition) is 12. The van der Waals surface area contributed by atoms with Gasteiger partial charge in [-0.3, -0.25) is 0 Å². The Morgan fingerprint density at radius 1 is 0.737 bits per heavy atom. The molecule has 0 aromatic heterocycles. The largest absolute Gasteiger partial charge is 0.508 e.